The Bertz CT molecular complexity index is 716. The molecular weight excluding hydrogens is 341 g/mol. The van der Waals surface area contributed by atoms with Gasteiger partial charge in [0.15, 0.2) is 5.69 Å². The Morgan fingerprint density at radius 1 is 1.58 bits per heavy atom. The maximum Gasteiger partial charge on any atom is 0.469 e. The summed E-state index contributed by atoms with van der Waals surface area (Å²) in [5.41, 5.74) is 10.7. The van der Waals surface area contributed by atoms with Gasteiger partial charge in [0.2, 0.25) is 5.95 Å². The second-order valence-electron chi connectivity index (χ2n) is 5.40. The van der Waals surface area contributed by atoms with E-state index < -0.39 is 25.6 Å². The van der Waals surface area contributed by atoms with Crippen molar-refractivity contribution in [2.45, 2.75) is 44.5 Å². The molecule has 1 aliphatic rings. The lowest BCUT2D eigenvalue weighted by Crippen LogP contribution is -2.26. The molecule has 1 aromatic rings. The molecule has 134 valence electrons. The maximum atomic E-state index is 11.9. The second-order valence-corrected chi connectivity index (χ2v) is 6.60. The number of nitrogen functional groups attached to an aromatic ring is 1. The lowest BCUT2D eigenvalue weighted by atomic mass is 10.1. The van der Waals surface area contributed by atoms with Gasteiger partial charge in [-0.05, 0) is 19.8 Å². The van der Waals surface area contributed by atoms with E-state index in [9.17, 15) is 9.36 Å². The van der Waals surface area contributed by atoms with Crippen LogP contribution < -0.4 is 17.0 Å². The van der Waals surface area contributed by atoms with E-state index in [0.29, 0.717) is 18.5 Å². The SMILES string of the molecule is CC(OP(=O)(O)O)C1CCC(Cc2nc(N)[nH]c(=O)c2N=CN)O1. The molecule has 7 N–H and O–H groups in total. The predicted octanol–water partition coefficient (Wildman–Crippen LogP) is -0.441. The summed E-state index contributed by atoms with van der Waals surface area (Å²) in [4.78, 5) is 39.8. The monoisotopic (exact) mass is 361 g/mol. The topological polar surface area (TPSA) is 186 Å². The molecule has 1 aliphatic heterocycles. The molecule has 2 rings (SSSR count). The normalized spacial score (nSPS) is 23.0. The fraction of sp³-hybridized carbons (Fsp3) is 0.583. The van der Waals surface area contributed by atoms with E-state index in [1.165, 1.54) is 6.92 Å². The van der Waals surface area contributed by atoms with Crippen molar-refractivity contribution in [2.24, 2.45) is 10.7 Å². The molecule has 0 aliphatic carbocycles. The second kappa shape index (κ2) is 7.41. The van der Waals surface area contributed by atoms with Crippen molar-refractivity contribution >= 4 is 25.8 Å². The first kappa shape index (κ1) is 18.6. The molecule has 1 saturated heterocycles. The summed E-state index contributed by atoms with van der Waals surface area (Å²) in [6.45, 7) is 1.53. The molecule has 24 heavy (non-hydrogen) atoms. The number of ether oxygens (including phenoxy) is 1. The first-order valence-corrected chi connectivity index (χ1v) is 8.75. The van der Waals surface area contributed by atoms with Gasteiger partial charge in [-0.15, -0.1) is 0 Å². The number of nitrogens with zero attached hydrogens (tertiary/aromatic N) is 2. The van der Waals surface area contributed by atoms with Crippen LogP contribution in [0.5, 0.6) is 0 Å². The number of phosphoric acid groups is 1. The third-order valence-corrected chi connectivity index (χ3v) is 4.18. The standard InChI is InChI=1S/C12H20N5O6P/c1-6(23-24(19,20)21)9-3-2-7(22-9)4-8-10(15-5-13)11(18)17-12(14)16-8/h5-7,9H,2-4H2,1H3,(H2,13,15)(H2,19,20,21)(H3,14,16,17,18). The van der Waals surface area contributed by atoms with Gasteiger partial charge in [0.1, 0.15) is 0 Å². The number of aliphatic imine (C=N–C) groups is 1. The van der Waals surface area contributed by atoms with Crippen molar-refractivity contribution in [3.05, 3.63) is 16.0 Å². The average Bonchev–Trinajstić information content (AvgIpc) is 2.89. The van der Waals surface area contributed by atoms with Crippen LogP contribution in [0.3, 0.4) is 0 Å². The van der Waals surface area contributed by atoms with E-state index in [4.69, 9.17) is 26.0 Å². The average molecular weight is 361 g/mol. The van der Waals surface area contributed by atoms with Crippen LogP contribution in [-0.2, 0) is 20.2 Å². The highest BCUT2D eigenvalue weighted by Crippen LogP contribution is 2.40. The van der Waals surface area contributed by atoms with Crippen LogP contribution in [0.4, 0.5) is 11.6 Å². The number of aromatic nitrogens is 2. The molecule has 1 fully saturated rings. The van der Waals surface area contributed by atoms with Crippen molar-refractivity contribution in [2.75, 3.05) is 5.73 Å². The third kappa shape index (κ3) is 4.86. The van der Waals surface area contributed by atoms with Gasteiger partial charge in [-0.2, -0.15) is 0 Å². The van der Waals surface area contributed by atoms with Gasteiger partial charge in [-0.3, -0.25) is 14.3 Å². The molecular formula is C12H20N5O6P. The lowest BCUT2D eigenvalue weighted by molar-refractivity contribution is -0.0253. The van der Waals surface area contributed by atoms with Crippen molar-refractivity contribution < 1.29 is 23.6 Å². The van der Waals surface area contributed by atoms with Gasteiger partial charge >= 0.3 is 7.82 Å². The zero-order chi connectivity index (χ0) is 17.9. The smallest absolute Gasteiger partial charge is 0.390 e. The summed E-state index contributed by atoms with van der Waals surface area (Å²) >= 11 is 0. The maximum absolute atomic E-state index is 11.9. The molecule has 3 unspecified atom stereocenters. The van der Waals surface area contributed by atoms with Crippen LogP contribution in [0.1, 0.15) is 25.5 Å². The van der Waals surface area contributed by atoms with Crippen molar-refractivity contribution in [1.29, 1.82) is 0 Å². The van der Waals surface area contributed by atoms with E-state index >= 15 is 0 Å². The summed E-state index contributed by atoms with van der Waals surface area (Å²) < 4.78 is 21.3. The first-order chi connectivity index (χ1) is 11.2. The Morgan fingerprint density at radius 2 is 2.29 bits per heavy atom. The third-order valence-electron chi connectivity index (χ3n) is 3.58. The number of H-pyrrole nitrogens is 1. The highest BCUT2D eigenvalue weighted by molar-refractivity contribution is 7.46. The van der Waals surface area contributed by atoms with Crippen LogP contribution in [0, 0.1) is 0 Å². The number of nitrogens with one attached hydrogen (secondary N) is 1. The minimum absolute atomic E-state index is 0.0429. The quantitative estimate of drug-likeness (QED) is 0.254. The zero-order valence-corrected chi connectivity index (χ0v) is 13.8. The molecule has 0 amide bonds. The Labute approximate surface area is 137 Å². The highest BCUT2D eigenvalue weighted by atomic mass is 31.2. The number of hydrogen-bond donors (Lipinski definition) is 5. The molecule has 3 atom stereocenters. The minimum atomic E-state index is -4.58. The van der Waals surface area contributed by atoms with E-state index in [1.807, 2.05) is 0 Å². The van der Waals surface area contributed by atoms with Crippen LogP contribution >= 0.6 is 7.82 Å². The molecule has 2 heterocycles. The Morgan fingerprint density at radius 3 is 2.92 bits per heavy atom. The van der Waals surface area contributed by atoms with Crippen molar-refractivity contribution in [3.63, 3.8) is 0 Å². The molecule has 0 saturated carbocycles. The number of anilines is 1. The van der Waals surface area contributed by atoms with Gasteiger partial charge < -0.3 is 26.0 Å². The summed E-state index contributed by atoms with van der Waals surface area (Å²) in [5, 5.41) is 0. The van der Waals surface area contributed by atoms with Gasteiger partial charge in [0.25, 0.3) is 5.56 Å². The molecule has 0 bridgehead atoms. The number of phosphoric ester groups is 1. The molecule has 0 aromatic carbocycles. The van der Waals surface area contributed by atoms with Gasteiger partial charge in [0.05, 0.1) is 30.3 Å². The predicted molar refractivity (Wildman–Crippen MR) is 85.8 cm³/mol. The van der Waals surface area contributed by atoms with Crippen molar-refractivity contribution in [1.82, 2.24) is 9.97 Å². The molecule has 1 aromatic heterocycles. The Hall–Kier alpha value is -1.78. The van der Waals surface area contributed by atoms with Crippen LogP contribution in [0.15, 0.2) is 9.79 Å². The summed E-state index contributed by atoms with van der Waals surface area (Å²) in [6.07, 6.45) is 0.871. The fourth-order valence-electron chi connectivity index (χ4n) is 2.61. The molecule has 0 spiro atoms. The minimum Gasteiger partial charge on any atom is -0.390 e. The highest BCUT2D eigenvalue weighted by Gasteiger charge is 2.34. The van der Waals surface area contributed by atoms with Crippen LogP contribution in [-0.4, -0.2) is 44.4 Å². The molecule has 12 heteroatoms. The molecule has 0 radical (unpaired) electrons. The lowest BCUT2D eigenvalue weighted by Gasteiger charge is -2.21. The zero-order valence-electron chi connectivity index (χ0n) is 13.0. The number of nitrogens with two attached hydrogens (primary N) is 2. The van der Waals surface area contributed by atoms with Gasteiger partial charge in [0, 0.05) is 6.42 Å². The Kier molecular flexibility index (Phi) is 5.73. The summed E-state index contributed by atoms with van der Waals surface area (Å²) in [5.74, 6) is -0.0429. The summed E-state index contributed by atoms with van der Waals surface area (Å²) in [7, 11) is -4.58. The first-order valence-electron chi connectivity index (χ1n) is 7.22. The van der Waals surface area contributed by atoms with Crippen LogP contribution in [0.25, 0.3) is 0 Å². The van der Waals surface area contributed by atoms with Gasteiger partial charge in [-0.25, -0.2) is 14.5 Å². The van der Waals surface area contributed by atoms with Gasteiger partial charge in [-0.1, -0.05) is 0 Å². The fourth-order valence-corrected chi connectivity index (χ4v) is 3.18. The van der Waals surface area contributed by atoms with Crippen LogP contribution in [0.2, 0.25) is 0 Å². The Balaban J connectivity index is 2.08. The number of aromatic amines is 1. The van der Waals surface area contributed by atoms with E-state index in [-0.39, 0.29) is 24.2 Å². The molecule has 11 nitrogen and oxygen atoms in total. The number of hydrogen-bond acceptors (Lipinski definition) is 7. The van der Waals surface area contributed by atoms with E-state index in [1.54, 1.807) is 0 Å². The largest absolute Gasteiger partial charge is 0.469 e. The summed E-state index contributed by atoms with van der Waals surface area (Å²) in [6, 6.07) is 0. The van der Waals surface area contributed by atoms with Crippen molar-refractivity contribution in [3.8, 4) is 0 Å². The van der Waals surface area contributed by atoms with E-state index in [0.717, 1.165) is 6.34 Å². The van der Waals surface area contributed by atoms with E-state index in [2.05, 4.69) is 19.5 Å². The number of rotatable bonds is 6.